The zero-order valence-electron chi connectivity index (χ0n) is 16.7. The molecule has 9 heteroatoms. The van der Waals surface area contributed by atoms with Crippen LogP contribution in [0.3, 0.4) is 0 Å². The number of carbonyl (C=O) groups is 2. The molecule has 0 aliphatic carbocycles. The van der Waals surface area contributed by atoms with Crippen molar-refractivity contribution in [2.24, 2.45) is 0 Å². The summed E-state index contributed by atoms with van der Waals surface area (Å²) in [5.41, 5.74) is 0.404. The molecule has 1 amide bonds. The maximum atomic E-state index is 12.7. The summed E-state index contributed by atoms with van der Waals surface area (Å²) >= 11 is 0. The number of hydrogen-bond acceptors (Lipinski definition) is 7. The van der Waals surface area contributed by atoms with Crippen molar-refractivity contribution in [3.8, 4) is 0 Å². The second-order valence-corrected chi connectivity index (χ2v) is 7.12. The number of amides is 1. The lowest BCUT2D eigenvalue weighted by Crippen LogP contribution is -2.44. The number of anilines is 1. The molecule has 2 rings (SSSR count). The van der Waals surface area contributed by atoms with Crippen LogP contribution in [-0.4, -0.2) is 66.7 Å². The van der Waals surface area contributed by atoms with Crippen LogP contribution >= 0.6 is 0 Å². The number of nitro groups is 1. The van der Waals surface area contributed by atoms with Crippen molar-refractivity contribution in [1.29, 1.82) is 0 Å². The van der Waals surface area contributed by atoms with Crippen molar-refractivity contribution in [2.45, 2.75) is 39.8 Å². The molecule has 28 heavy (non-hydrogen) atoms. The van der Waals surface area contributed by atoms with Crippen molar-refractivity contribution >= 4 is 23.3 Å². The first-order chi connectivity index (χ1) is 13.2. The Morgan fingerprint density at radius 3 is 2.36 bits per heavy atom. The zero-order valence-corrected chi connectivity index (χ0v) is 16.7. The first-order valence-corrected chi connectivity index (χ1v) is 9.31. The zero-order chi connectivity index (χ0) is 20.8. The Balaban J connectivity index is 2.21. The van der Waals surface area contributed by atoms with E-state index in [0.717, 1.165) is 0 Å². The maximum absolute atomic E-state index is 12.7. The molecule has 0 unspecified atom stereocenters. The van der Waals surface area contributed by atoms with Crippen LogP contribution in [0.5, 0.6) is 0 Å². The summed E-state index contributed by atoms with van der Waals surface area (Å²) in [5, 5.41) is 11.1. The SMILES string of the molecule is CC(C)N(C(=O)COC(=O)c1cc([N+](=O)[O-])ccc1N1CCOCC1)C(C)C. The molecule has 1 heterocycles. The third-order valence-corrected chi connectivity index (χ3v) is 4.49. The van der Waals surface area contributed by atoms with Gasteiger partial charge in [0.15, 0.2) is 6.61 Å². The predicted octanol–water partition coefficient (Wildman–Crippen LogP) is 2.23. The maximum Gasteiger partial charge on any atom is 0.341 e. The molecule has 1 aliphatic heterocycles. The minimum absolute atomic E-state index is 0.0343. The van der Waals surface area contributed by atoms with E-state index in [1.54, 1.807) is 4.90 Å². The van der Waals surface area contributed by atoms with Gasteiger partial charge in [-0.1, -0.05) is 0 Å². The van der Waals surface area contributed by atoms with Gasteiger partial charge in [-0.15, -0.1) is 0 Å². The van der Waals surface area contributed by atoms with Gasteiger partial charge in [0.1, 0.15) is 0 Å². The van der Waals surface area contributed by atoms with Gasteiger partial charge < -0.3 is 19.3 Å². The molecule has 1 aliphatic rings. The molecule has 0 spiro atoms. The van der Waals surface area contributed by atoms with Gasteiger partial charge in [0.25, 0.3) is 11.6 Å². The number of hydrogen-bond donors (Lipinski definition) is 0. The van der Waals surface area contributed by atoms with E-state index in [0.29, 0.717) is 32.0 Å². The minimum atomic E-state index is -0.758. The van der Waals surface area contributed by atoms with E-state index in [1.807, 2.05) is 32.6 Å². The Hall–Kier alpha value is -2.68. The molecule has 0 bridgehead atoms. The second kappa shape index (κ2) is 9.50. The molecule has 0 N–H and O–H groups in total. The summed E-state index contributed by atoms with van der Waals surface area (Å²) in [4.78, 5) is 39.2. The van der Waals surface area contributed by atoms with E-state index in [2.05, 4.69) is 0 Å². The topological polar surface area (TPSA) is 102 Å². The standard InChI is InChI=1S/C19H27N3O6/c1-13(2)21(14(3)4)18(23)12-28-19(24)16-11-15(22(25)26)5-6-17(16)20-7-9-27-10-8-20/h5-6,11,13-14H,7-10,12H2,1-4H3. The minimum Gasteiger partial charge on any atom is -0.452 e. The predicted molar refractivity (Wildman–Crippen MR) is 104 cm³/mol. The van der Waals surface area contributed by atoms with Gasteiger partial charge in [-0.3, -0.25) is 14.9 Å². The number of rotatable bonds is 7. The number of carbonyl (C=O) groups excluding carboxylic acids is 2. The largest absolute Gasteiger partial charge is 0.452 e. The van der Waals surface area contributed by atoms with Crippen LogP contribution in [0.4, 0.5) is 11.4 Å². The molecular weight excluding hydrogens is 366 g/mol. The van der Waals surface area contributed by atoms with Gasteiger partial charge >= 0.3 is 5.97 Å². The summed E-state index contributed by atoms with van der Waals surface area (Å²) in [6, 6.07) is 4.02. The first kappa shape index (κ1) is 21.6. The Morgan fingerprint density at radius 2 is 1.82 bits per heavy atom. The molecule has 0 saturated carbocycles. The smallest absolute Gasteiger partial charge is 0.341 e. The van der Waals surface area contributed by atoms with Gasteiger partial charge in [-0.25, -0.2) is 4.79 Å². The highest BCUT2D eigenvalue weighted by Crippen LogP contribution is 2.27. The fraction of sp³-hybridized carbons (Fsp3) is 0.579. The van der Waals surface area contributed by atoms with Crippen molar-refractivity contribution < 1.29 is 24.0 Å². The van der Waals surface area contributed by atoms with E-state index in [4.69, 9.17) is 9.47 Å². The summed E-state index contributed by atoms with van der Waals surface area (Å²) in [5.74, 6) is -1.07. The lowest BCUT2D eigenvalue weighted by Gasteiger charge is -2.31. The molecule has 1 saturated heterocycles. The number of non-ortho nitro benzene ring substituents is 1. The van der Waals surface area contributed by atoms with Crippen LogP contribution in [0, 0.1) is 10.1 Å². The number of nitro benzene ring substituents is 1. The van der Waals surface area contributed by atoms with Crippen LogP contribution < -0.4 is 4.90 Å². The Bertz CT molecular complexity index is 720. The fourth-order valence-corrected chi connectivity index (χ4v) is 3.33. The number of esters is 1. The van der Waals surface area contributed by atoms with E-state index >= 15 is 0 Å². The summed E-state index contributed by atoms with van der Waals surface area (Å²) in [6.07, 6.45) is 0. The van der Waals surface area contributed by atoms with Crippen LogP contribution in [0.15, 0.2) is 18.2 Å². The molecular formula is C19H27N3O6. The third-order valence-electron chi connectivity index (χ3n) is 4.49. The Kier molecular flexibility index (Phi) is 7.33. The summed E-state index contributed by atoms with van der Waals surface area (Å²) in [7, 11) is 0. The normalized spacial score (nSPS) is 14.3. The average Bonchev–Trinajstić information content (AvgIpc) is 2.65. The fourth-order valence-electron chi connectivity index (χ4n) is 3.33. The van der Waals surface area contributed by atoms with E-state index < -0.39 is 17.5 Å². The van der Waals surface area contributed by atoms with Crippen LogP contribution in [0.25, 0.3) is 0 Å². The highest BCUT2D eigenvalue weighted by atomic mass is 16.6. The summed E-state index contributed by atoms with van der Waals surface area (Å²) < 4.78 is 10.5. The number of nitrogens with zero attached hydrogens (tertiary/aromatic N) is 3. The Morgan fingerprint density at radius 1 is 1.21 bits per heavy atom. The molecule has 9 nitrogen and oxygen atoms in total. The van der Waals surface area contributed by atoms with Gasteiger partial charge in [0.05, 0.1) is 29.4 Å². The average molecular weight is 393 g/mol. The second-order valence-electron chi connectivity index (χ2n) is 7.12. The first-order valence-electron chi connectivity index (χ1n) is 9.31. The highest BCUT2D eigenvalue weighted by molar-refractivity contribution is 5.97. The Labute approximate surface area is 164 Å². The van der Waals surface area contributed by atoms with Crippen LogP contribution in [0.1, 0.15) is 38.1 Å². The van der Waals surface area contributed by atoms with E-state index in [9.17, 15) is 19.7 Å². The number of ether oxygens (including phenoxy) is 2. The molecule has 0 atom stereocenters. The monoisotopic (exact) mass is 393 g/mol. The molecule has 1 aromatic rings. The van der Waals surface area contributed by atoms with Crippen molar-refractivity contribution in [1.82, 2.24) is 4.90 Å². The molecule has 1 fully saturated rings. The van der Waals surface area contributed by atoms with Gasteiger partial charge in [-0.2, -0.15) is 0 Å². The third kappa shape index (κ3) is 5.19. The molecule has 1 aromatic carbocycles. The van der Waals surface area contributed by atoms with Crippen molar-refractivity contribution in [2.75, 3.05) is 37.8 Å². The van der Waals surface area contributed by atoms with E-state index in [-0.39, 0.29) is 29.2 Å². The number of benzene rings is 1. The highest BCUT2D eigenvalue weighted by Gasteiger charge is 2.25. The van der Waals surface area contributed by atoms with Crippen LogP contribution in [-0.2, 0) is 14.3 Å². The van der Waals surface area contributed by atoms with Gasteiger partial charge in [0.2, 0.25) is 0 Å². The molecule has 0 radical (unpaired) electrons. The quantitative estimate of drug-likeness (QED) is 0.398. The lowest BCUT2D eigenvalue weighted by molar-refractivity contribution is -0.384. The number of morpholine rings is 1. The lowest BCUT2D eigenvalue weighted by atomic mass is 10.1. The molecule has 154 valence electrons. The van der Waals surface area contributed by atoms with Gasteiger partial charge in [0, 0.05) is 37.3 Å². The van der Waals surface area contributed by atoms with E-state index in [1.165, 1.54) is 18.2 Å². The summed E-state index contributed by atoms with van der Waals surface area (Å²) in [6.45, 7) is 9.25. The van der Waals surface area contributed by atoms with Gasteiger partial charge in [-0.05, 0) is 33.8 Å². The van der Waals surface area contributed by atoms with Crippen molar-refractivity contribution in [3.05, 3.63) is 33.9 Å². The molecule has 0 aromatic heterocycles. The van der Waals surface area contributed by atoms with Crippen molar-refractivity contribution in [3.63, 3.8) is 0 Å². The van der Waals surface area contributed by atoms with Crippen LogP contribution in [0.2, 0.25) is 0 Å².